The fourth-order valence-corrected chi connectivity index (χ4v) is 3.85. The van der Waals surface area contributed by atoms with Crippen molar-refractivity contribution in [2.75, 3.05) is 13.7 Å². The predicted molar refractivity (Wildman–Crippen MR) is 123 cm³/mol. The van der Waals surface area contributed by atoms with Crippen LogP contribution in [0.2, 0.25) is 0 Å². The highest BCUT2D eigenvalue weighted by Gasteiger charge is 2.46. The summed E-state index contributed by atoms with van der Waals surface area (Å²) in [4.78, 5) is 24.7. The minimum Gasteiger partial charge on any atom is -0.508 e. The summed E-state index contributed by atoms with van der Waals surface area (Å²) in [5.74, 6) is -2.77. The molecule has 2 aromatic carbocycles. The van der Waals surface area contributed by atoms with Crippen LogP contribution >= 0.6 is 0 Å². The number of benzene rings is 2. The number of phenols is 3. The third kappa shape index (κ3) is 4.97. The van der Waals surface area contributed by atoms with Crippen LogP contribution in [0.15, 0.2) is 39.5 Å². The van der Waals surface area contributed by atoms with Crippen LogP contribution in [0.1, 0.15) is 6.92 Å². The Morgan fingerprint density at radius 2 is 1.73 bits per heavy atom. The van der Waals surface area contributed by atoms with Crippen molar-refractivity contribution >= 4 is 16.9 Å². The fourth-order valence-electron chi connectivity index (χ4n) is 3.85. The molecule has 3 aromatic rings. The smallest absolute Gasteiger partial charge is 0.302 e. The molecule has 1 saturated heterocycles. The number of rotatable bonds is 6. The molecule has 4 rings (SSSR count). The van der Waals surface area contributed by atoms with Gasteiger partial charge in [0.1, 0.15) is 53.5 Å². The van der Waals surface area contributed by atoms with Crippen LogP contribution in [0.3, 0.4) is 0 Å². The van der Waals surface area contributed by atoms with E-state index >= 15 is 0 Å². The van der Waals surface area contributed by atoms with Gasteiger partial charge in [0, 0.05) is 24.6 Å². The van der Waals surface area contributed by atoms with Gasteiger partial charge in [0.25, 0.3) is 0 Å². The van der Waals surface area contributed by atoms with Gasteiger partial charge in [-0.3, -0.25) is 9.59 Å². The zero-order valence-electron chi connectivity index (χ0n) is 19.5. The number of hydrogen-bond acceptors (Lipinski definition) is 13. The van der Waals surface area contributed by atoms with Gasteiger partial charge in [0.2, 0.25) is 17.5 Å². The van der Waals surface area contributed by atoms with E-state index in [-0.39, 0.29) is 33.8 Å². The summed E-state index contributed by atoms with van der Waals surface area (Å²) >= 11 is 0. The Hall–Kier alpha value is -4.04. The third-order valence-electron chi connectivity index (χ3n) is 5.71. The summed E-state index contributed by atoms with van der Waals surface area (Å²) in [6.45, 7) is 0.631. The molecule has 1 aliphatic rings. The van der Waals surface area contributed by atoms with Crippen molar-refractivity contribution < 1.29 is 58.8 Å². The minimum absolute atomic E-state index is 0.0129. The van der Waals surface area contributed by atoms with E-state index in [0.717, 1.165) is 19.1 Å². The topological polar surface area (TPSA) is 206 Å². The molecule has 13 heteroatoms. The van der Waals surface area contributed by atoms with E-state index in [0.29, 0.717) is 0 Å². The van der Waals surface area contributed by atoms with Crippen molar-refractivity contribution in [3.63, 3.8) is 0 Å². The zero-order valence-corrected chi connectivity index (χ0v) is 19.5. The first-order valence-electron chi connectivity index (χ1n) is 10.9. The van der Waals surface area contributed by atoms with Gasteiger partial charge < -0.3 is 54.0 Å². The van der Waals surface area contributed by atoms with E-state index in [9.17, 15) is 40.2 Å². The Kier molecular flexibility index (Phi) is 7.14. The first-order valence-corrected chi connectivity index (χ1v) is 10.9. The molecule has 0 amide bonds. The number of hydrogen-bond donors (Lipinski definition) is 6. The maximum absolute atomic E-state index is 13.5. The number of fused-ring (bicyclic) bond motifs is 1. The van der Waals surface area contributed by atoms with Gasteiger partial charge in [-0.05, 0) is 18.2 Å². The molecule has 5 atom stereocenters. The number of esters is 1. The predicted octanol–water partition coefficient (Wildman–Crippen LogP) is 0.335. The van der Waals surface area contributed by atoms with E-state index in [1.807, 2.05) is 0 Å². The van der Waals surface area contributed by atoms with Crippen LogP contribution in [-0.4, -0.2) is 81.0 Å². The number of aliphatic hydroxyl groups excluding tert-OH is 3. The van der Waals surface area contributed by atoms with E-state index in [4.69, 9.17) is 23.4 Å². The standard InChI is InChI=1S/C24H24O13/c1-9(25)34-8-16-18(29)20(31)21(32)24(36-16)37-23-19(30)17-13(28)6-11(26)7-15(17)35-22(23)10-3-4-12(27)14(5-10)33-2/h3-7,16,18,20-21,24,26-29,31-32H,8H2,1-2H3/t16-,18-,20+,21-,24+/m1/s1. The molecule has 2 heterocycles. The molecule has 0 aliphatic carbocycles. The van der Waals surface area contributed by atoms with Crippen LogP contribution in [0.4, 0.5) is 0 Å². The molecule has 0 bridgehead atoms. The number of methoxy groups -OCH3 is 1. The summed E-state index contributed by atoms with van der Waals surface area (Å²) < 4.78 is 26.9. The molecule has 198 valence electrons. The summed E-state index contributed by atoms with van der Waals surface area (Å²) in [6.07, 6.45) is -8.43. The highest BCUT2D eigenvalue weighted by atomic mass is 16.7. The first-order chi connectivity index (χ1) is 17.5. The van der Waals surface area contributed by atoms with E-state index in [1.54, 1.807) is 0 Å². The molecule has 1 aliphatic heterocycles. The normalized spacial score (nSPS) is 23.5. The average Bonchev–Trinajstić information content (AvgIpc) is 2.84. The third-order valence-corrected chi connectivity index (χ3v) is 5.71. The Balaban J connectivity index is 1.85. The average molecular weight is 520 g/mol. The van der Waals surface area contributed by atoms with Gasteiger partial charge in [-0.25, -0.2) is 0 Å². The van der Waals surface area contributed by atoms with Crippen LogP contribution in [0.25, 0.3) is 22.3 Å². The molecule has 13 nitrogen and oxygen atoms in total. The zero-order chi connectivity index (χ0) is 27.0. The van der Waals surface area contributed by atoms with E-state index < -0.39 is 66.0 Å². The number of aliphatic hydroxyl groups is 3. The number of phenolic OH excluding ortho intramolecular Hbond substituents is 3. The van der Waals surface area contributed by atoms with Crippen LogP contribution in [0, 0.1) is 0 Å². The van der Waals surface area contributed by atoms with E-state index in [1.165, 1.54) is 25.3 Å². The lowest BCUT2D eigenvalue weighted by Crippen LogP contribution is -2.60. The second-order valence-electron chi connectivity index (χ2n) is 8.25. The molecule has 0 saturated carbocycles. The number of ether oxygens (including phenoxy) is 4. The van der Waals surface area contributed by atoms with Crippen LogP contribution < -0.4 is 14.9 Å². The number of aromatic hydroxyl groups is 3. The van der Waals surface area contributed by atoms with Gasteiger partial charge in [-0.1, -0.05) is 0 Å². The number of carbonyl (C=O) groups is 1. The van der Waals surface area contributed by atoms with Gasteiger partial charge in [0.05, 0.1) is 7.11 Å². The molecule has 0 spiro atoms. The molecule has 0 unspecified atom stereocenters. The van der Waals surface area contributed by atoms with Crippen molar-refractivity contribution in [3.8, 4) is 40.1 Å². The SMILES string of the molecule is COc1cc(-c2oc3cc(O)cc(O)c3c(=O)c2O[C@@H]2O[C@H](COC(C)=O)[C@@H](O)[C@H](O)[C@H]2O)ccc1O. The molecule has 0 radical (unpaired) electrons. The maximum atomic E-state index is 13.5. The van der Waals surface area contributed by atoms with Gasteiger partial charge >= 0.3 is 5.97 Å². The summed E-state index contributed by atoms with van der Waals surface area (Å²) in [6, 6.07) is 5.92. The number of carbonyl (C=O) groups excluding carboxylic acids is 1. The van der Waals surface area contributed by atoms with Crippen LogP contribution in [-0.2, 0) is 14.3 Å². The Bertz CT molecular complexity index is 1380. The van der Waals surface area contributed by atoms with Crippen molar-refractivity contribution in [2.45, 2.75) is 37.6 Å². The lowest BCUT2D eigenvalue weighted by Gasteiger charge is -2.39. The first kappa shape index (κ1) is 26.0. The molecule has 1 fully saturated rings. The van der Waals surface area contributed by atoms with Crippen molar-refractivity contribution in [3.05, 3.63) is 40.6 Å². The second-order valence-corrected chi connectivity index (χ2v) is 8.25. The van der Waals surface area contributed by atoms with Crippen molar-refractivity contribution in [2.24, 2.45) is 0 Å². The molecule has 1 aromatic heterocycles. The quantitative estimate of drug-likeness (QED) is 0.243. The second kappa shape index (κ2) is 10.1. The monoisotopic (exact) mass is 520 g/mol. The van der Waals surface area contributed by atoms with Gasteiger partial charge in [-0.2, -0.15) is 0 Å². The Labute approximate surface area is 208 Å². The molecule has 37 heavy (non-hydrogen) atoms. The minimum atomic E-state index is -1.87. The summed E-state index contributed by atoms with van der Waals surface area (Å²) in [5.41, 5.74) is -1.01. The summed E-state index contributed by atoms with van der Waals surface area (Å²) in [5, 5.41) is 60.8. The fraction of sp³-hybridized carbons (Fsp3) is 0.333. The van der Waals surface area contributed by atoms with Crippen molar-refractivity contribution in [1.29, 1.82) is 0 Å². The molecular weight excluding hydrogens is 496 g/mol. The lowest BCUT2D eigenvalue weighted by molar-refractivity contribution is -0.278. The van der Waals surface area contributed by atoms with Crippen molar-refractivity contribution in [1.82, 2.24) is 0 Å². The Morgan fingerprint density at radius 3 is 2.41 bits per heavy atom. The highest BCUT2D eigenvalue weighted by Crippen LogP contribution is 2.39. The van der Waals surface area contributed by atoms with Gasteiger partial charge in [0.15, 0.2) is 17.3 Å². The van der Waals surface area contributed by atoms with Gasteiger partial charge in [-0.15, -0.1) is 0 Å². The Morgan fingerprint density at radius 1 is 1.00 bits per heavy atom. The highest BCUT2D eigenvalue weighted by molar-refractivity contribution is 5.88. The molecule has 6 N–H and O–H groups in total. The molecular formula is C24H24O13. The maximum Gasteiger partial charge on any atom is 0.302 e. The largest absolute Gasteiger partial charge is 0.508 e. The van der Waals surface area contributed by atoms with E-state index in [2.05, 4.69) is 0 Å². The summed E-state index contributed by atoms with van der Waals surface area (Å²) in [7, 11) is 1.30. The van der Waals surface area contributed by atoms with Crippen LogP contribution in [0.5, 0.6) is 28.7 Å². The lowest BCUT2D eigenvalue weighted by atomic mass is 9.99.